The number of hydrogen-bond acceptors (Lipinski definition) is 9. The molecule has 2 amide bonds. The van der Waals surface area contributed by atoms with Crippen LogP contribution in [0.15, 0.2) is 12.1 Å². The van der Waals surface area contributed by atoms with Crippen molar-refractivity contribution >= 4 is 24.5 Å². The first-order valence-corrected chi connectivity index (χ1v) is 10.8. The number of rotatable bonds is 8. The number of carbonyl (C=O) groups excluding carboxylic acids is 2. The predicted octanol–water partition coefficient (Wildman–Crippen LogP) is -1.80. The second kappa shape index (κ2) is 8.17. The number of nitrogens with two attached hydrogens (primary N) is 1. The van der Waals surface area contributed by atoms with Gasteiger partial charge in [-0.2, -0.15) is 0 Å². The Hall–Kier alpha value is -2.87. The Morgan fingerprint density at radius 1 is 1.33 bits per heavy atom. The van der Waals surface area contributed by atoms with Crippen LogP contribution in [0, 0.1) is 0 Å². The van der Waals surface area contributed by atoms with E-state index in [1.54, 1.807) is 19.1 Å². The minimum Gasteiger partial charge on any atom is -0.669 e. The molecule has 2 fully saturated rings. The van der Waals surface area contributed by atoms with Gasteiger partial charge in [0.15, 0.2) is 0 Å². The summed E-state index contributed by atoms with van der Waals surface area (Å²) in [5.74, 6) is -2.61. The van der Waals surface area contributed by atoms with E-state index in [4.69, 9.17) is 15.1 Å². The quantitative estimate of drug-likeness (QED) is 0.241. The normalized spacial score (nSPS) is 24.8. The van der Waals surface area contributed by atoms with Gasteiger partial charge < -0.3 is 40.9 Å². The van der Waals surface area contributed by atoms with Crippen LogP contribution in [0.3, 0.4) is 0 Å². The van der Waals surface area contributed by atoms with Crippen LogP contribution < -0.4 is 25.8 Å². The fourth-order valence-corrected chi connectivity index (χ4v) is 4.51. The second-order valence-corrected chi connectivity index (χ2v) is 9.25. The Labute approximate surface area is 190 Å². The molecule has 0 aromatic heterocycles. The summed E-state index contributed by atoms with van der Waals surface area (Å²) >= 11 is 0. The first-order valence-electron chi connectivity index (χ1n) is 10.8. The molecule has 0 unspecified atom stereocenters. The number of carboxylic acids is 1. The van der Waals surface area contributed by atoms with Gasteiger partial charge in [-0.3, -0.25) is 14.5 Å². The second-order valence-electron chi connectivity index (χ2n) is 9.25. The summed E-state index contributed by atoms with van der Waals surface area (Å²) in [5, 5.41) is 34.9. The summed E-state index contributed by atoms with van der Waals surface area (Å²) < 4.78 is 11.2. The van der Waals surface area contributed by atoms with E-state index in [9.17, 15) is 29.5 Å². The van der Waals surface area contributed by atoms with Gasteiger partial charge >= 0.3 is 12.7 Å². The Balaban J connectivity index is 1.38. The van der Waals surface area contributed by atoms with E-state index in [2.05, 4.69) is 10.6 Å². The molecule has 180 valence electrons. The number of carboxylic acid groups (broad SMARTS) is 1. The Bertz CT molecular complexity index is 995. The zero-order chi connectivity index (χ0) is 24.1. The SMILES string of the molecule is CNC(=O)CNC(=O)[C@@](C)(N)CN1CC(Oc2ccc3c(c2C(=O)O)O[B-](O)(O)[C@H]2C[C@@H]32)C1. The van der Waals surface area contributed by atoms with Crippen molar-refractivity contribution in [2.45, 2.75) is 36.7 Å². The molecule has 33 heavy (non-hydrogen) atoms. The van der Waals surface area contributed by atoms with E-state index in [0.717, 1.165) is 0 Å². The highest BCUT2D eigenvalue weighted by molar-refractivity contribution is 6.62. The molecule has 13 heteroatoms. The Kier molecular flexibility index (Phi) is 5.77. The first kappa shape index (κ1) is 23.3. The molecule has 4 rings (SSSR count). The van der Waals surface area contributed by atoms with E-state index in [1.165, 1.54) is 7.05 Å². The average Bonchev–Trinajstić information content (AvgIpc) is 3.51. The maximum Gasteiger partial charge on any atom is 0.434 e. The van der Waals surface area contributed by atoms with Crippen molar-refractivity contribution in [2.24, 2.45) is 5.73 Å². The number of likely N-dealkylation sites (tertiary alicyclic amines) is 1. The molecule has 1 saturated heterocycles. The van der Waals surface area contributed by atoms with Crippen LogP contribution in [-0.4, -0.2) is 89.5 Å². The number of aromatic carboxylic acids is 1. The number of ether oxygens (including phenoxy) is 1. The van der Waals surface area contributed by atoms with Gasteiger partial charge in [0.2, 0.25) is 11.8 Å². The highest BCUT2D eigenvalue weighted by atomic mass is 16.6. The minimum absolute atomic E-state index is 0.0535. The average molecular weight is 463 g/mol. The Morgan fingerprint density at radius 3 is 2.67 bits per heavy atom. The van der Waals surface area contributed by atoms with Gasteiger partial charge in [-0.1, -0.05) is 18.3 Å². The van der Waals surface area contributed by atoms with Crippen LogP contribution in [0.5, 0.6) is 11.5 Å². The fourth-order valence-electron chi connectivity index (χ4n) is 4.51. The van der Waals surface area contributed by atoms with Crippen LogP contribution in [0.4, 0.5) is 0 Å². The Morgan fingerprint density at radius 2 is 2.03 bits per heavy atom. The van der Waals surface area contributed by atoms with Gasteiger partial charge in [-0.15, -0.1) is 0 Å². The maximum atomic E-state index is 12.3. The molecule has 2 aliphatic heterocycles. The first-order chi connectivity index (χ1) is 15.4. The summed E-state index contributed by atoms with van der Waals surface area (Å²) in [6, 6.07) is 3.27. The monoisotopic (exact) mass is 463 g/mol. The van der Waals surface area contributed by atoms with Gasteiger partial charge in [0, 0.05) is 26.7 Å². The molecule has 0 bridgehead atoms. The smallest absolute Gasteiger partial charge is 0.434 e. The molecule has 1 aromatic rings. The van der Waals surface area contributed by atoms with Gasteiger partial charge in [0.25, 0.3) is 0 Å². The van der Waals surface area contributed by atoms with Gasteiger partial charge in [-0.25, -0.2) is 4.79 Å². The fraction of sp³-hybridized carbons (Fsp3) is 0.550. The largest absolute Gasteiger partial charge is 0.669 e. The molecule has 2 heterocycles. The van der Waals surface area contributed by atoms with E-state index in [0.29, 0.717) is 25.1 Å². The van der Waals surface area contributed by atoms with Crippen molar-refractivity contribution in [2.75, 3.05) is 33.2 Å². The van der Waals surface area contributed by atoms with Crippen LogP contribution in [0.2, 0.25) is 5.82 Å². The van der Waals surface area contributed by atoms with Gasteiger partial charge in [0.1, 0.15) is 23.0 Å². The van der Waals surface area contributed by atoms with Crippen molar-refractivity contribution in [1.82, 2.24) is 15.5 Å². The summed E-state index contributed by atoms with van der Waals surface area (Å²) in [4.78, 5) is 37.4. The van der Waals surface area contributed by atoms with Gasteiger partial charge in [0.05, 0.1) is 12.3 Å². The molecular weight excluding hydrogens is 435 g/mol. The summed E-state index contributed by atoms with van der Waals surface area (Å²) in [6.45, 7) is -0.685. The summed E-state index contributed by atoms with van der Waals surface area (Å²) in [7, 11) is 1.47. The minimum atomic E-state index is -3.11. The number of nitrogens with one attached hydrogen (secondary N) is 2. The molecule has 0 spiro atoms. The molecule has 1 saturated carbocycles. The molecule has 3 aliphatic rings. The maximum absolute atomic E-state index is 12.3. The third-order valence-electron chi connectivity index (χ3n) is 6.43. The number of nitrogens with zero attached hydrogens (tertiary/aromatic N) is 1. The highest BCUT2D eigenvalue weighted by Gasteiger charge is 2.55. The van der Waals surface area contributed by atoms with E-state index in [1.807, 2.05) is 4.90 Å². The molecule has 12 nitrogen and oxygen atoms in total. The third-order valence-corrected chi connectivity index (χ3v) is 6.43. The van der Waals surface area contributed by atoms with Crippen molar-refractivity contribution in [1.29, 1.82) is 0 Å². The van der Waals surface area contributed by atoms with Crippen molar-refractivity contribution in [3.05, 3.63) is 23.3 Å². The highest BCUT2D eigenvalue weighted by Crippen LogP contribution is 2.63. The number of likely N-dealkylation sites (N-methyl/N-ethyl adjacent to an activating group) is 1. The van der Waals surface area contributed by atoms with Crippen LogP contribution in [0.25, 0.3) is 0 Å². The predicted molar refractivity (Wildman–Crippen MR) is 116 cm³/mol. The lowest BCUT2D eigenvalue weighted by molar-refractivity contribution is -0.130. The number of fused-ring (bicyclic) bond motifs is 3. The molecule has 7 N–H and O–H groups in total. The summed E-state index contributed by atoms with van der Waals surface area (Å²) in [5.41, 5.74) is 5.28. The molecule has 0 radical (unpaired) electrons. The molecule has 3 atom stereocenters. The molecular formula is C20H28BN4O8-. The van der Waals surface area contributed by atoms with Crippen molar-refractivity contribution in [3.8, 4) is 11.5 Å². The number of benzene rings is 1. The number of amides is 2. The van der Waals surface area contributed by atoms with Crippen LogP contribution in [-0.2, 0) is 9.59 Å². The van der Waals surface area contributed by atoms with Gasteiger partial charge in [-0.05, 0) is 24.5 Å². The lowest BCUT2D eigenvalue weighted by Crippen LogP contribution is -2.64. The summed E-state index contributed by atoms with van der Waals surface area (Å²) in [6.07, 6.45) is 0.187. The molecule has 1 aliphatic carbocycles. The zero-order valence-electron chi connectivity index (χ0n) is 18.4. The topological polar surface area (TPSA) is 184 Å². The number of hydrogen-bond donors (Lipinski definition) is 6. The standard InChI is InChI=1S/C20H28BN4O8/c1-20(22,19(29)24-6-15(26)23-2)9-25-7-10(8-25)32-14-4-3-11-12-5-13(12)21(30,31)33-17(11)16(14)18(27)28/h3-4,10,12-13,30-31H,5-9,22H2,1-2H3,(H,23,26)(H,24,29)(H,27,28)/q-1/t12-,13-,20-/m0/s1. The van der Waals surface area contributed by atoms with Crippen LogP contribution >= 0.6 is 0 Å². The molecule has 1 aromatic carbocycles. The lowest BCUT2D eigenvalue weighted by Gasteiger charge is -2.43. The van der Waals surface area contributed by atoms with Crippen molar-refractivity contribution in [3.63, 3.8) is 0 Å². The zero-order valence-corrected chi connectivity index (χ0v) is 18.4. The number of carbonyl (C=O) groups is 3. The van der Waals surface area contributed by atoms with E-state index in [-0.39, 0.29) is 48.1 Å². The van der Waals surface area contributed by atoms with E-state index >= 15 is 0 Å². The van der Waals surface area contributed by atoms with E-state index < -0.39 is 30.0 Å². The van der Waals surface area contributed by atoms with Crippen LogP contribution in [0.1, 0.15) is 35.2 Å². The van der Waals surface area contributed by atoms with Crippen molar-refractivity contribution < 1.29 is 38.9 Å². The third kappa shape index (κ3) is 4.49. The lowest BCUT2D eigenvalue weighted by atomic mass is 9.68.